The first-order chi connectivity index (χ1) is 28.0. The van der Waals surface area contributed by atoms with Gasteiger partial charge in [0.2, 0.25) is 5.91 Å². The van der Waals surface area contributed by atoms with Gasteiger partial charge in [0.25, 0.3) is 11.8 Å². The predicted octanol–water partition coefficient (Wildman–Crippen LogP) is 7.13. The largest absolute Gasteiger partial charge is 0.497 e. The Hall–Kier alpha value is -5.75. The average molecular weight is 798 g/mol. The van der Waals surface area contributed by atoms with Crippen LogP contribution < -0.4 is 24.9 Å². The second-order valence-corrected chi connectivity index (χ2v) is 20.4. The Morgan fingerprint density at radius 1 is 0.845 bits per heavy atom. The molecule has 2 N–H and O–H groups in total. The minimum absolute atomic E-state index is 0.0406. The summed E-state index contributed by atoms with van der Waals surface area (Å²) in [6, 6.07) is 40.1. The lowest BCUT2D eigenvalue weighted by Crippen LogP contribution is -2.52. The Morgan fingerprint density at radius 2 is 1.48 bits per heavy atom. The molecule has 0 saturated carbocycles. The molecule has 0 aromatic heterocycles. The van der Waals surface area contributed by atoms with Crippen molar-refractivity contribution in [3.63, 3.8) is 0 Å². The number of nitrogens with zero attached hydrogens (tertiary/aromatic N) is 2. The molecule has 1 spiro atoms. The lowest BCUT2D eigenvalue weighted by molar-refractivity contribution is -0.150. The molecule has 4 atom stereocenters. The zero-order valence-corrected chi connectivity index (χ0v) is 34.7. The van der Waals surface area contributed by atoms with E-state index in [1.54, 1.807) is 36.2 Å². The molecule has 2 aliphatic rings. The van der Waals surface area contributed by atoms with Crippen molar-refractivity contribution in [3.05, 3.63) is 150 Å². The van der Waals surface area contributed by atoms with Crippen LogP contribution in [-0.4, -0.2) is 69.3 Å². The van der Waals surface area contributed by atoms with Crippen LogP contribution in [0.15, 0.2) is 127 Å². The third-order valence-corrected chi connectivity index (χ3v) is 16.3. The monoisotopic (exact) mass is 797 g/mol. The summed E-state index contributed by atoms with van der Waals surface area (Å²) in [4.78, 5) is 46.0. The lowest BCUT2D eigenvalue weighted by atomic mass is 9.82. The number of nitrogens with one attached hydrogen (secondary N) is 1. The summed E-state index contributed by atoms with van der Waals surface area (Å²) in [5, 5.41) is 14.2. The number of benzene rings is 5. The van der Waals surface area contributed by atoms with Gasteiger partial charge < -0.3 is 34.4 Å². The maximum Gasteiger partial charge on any atom is 0.264 e. The van der Waals surface area contributed by atoms with Crippen LogP contribution in [0.2, 0.25) is 18.6 Å². The van der Waals surface area contributed by atoms with Crippen LogP contribution in [0, 0.1) is 5.92 Å². The van der Waals surface area contributed by atoms with Crippen LogP contribution in [0.3, 0.4) is 0 Å². The number of fused-ring (bicyclic) bond motifs is 2. The number of methoxy groups -OCH3 is 2. The lowest BCUT2D eigenvalue weighted by Gasteiger charge is -2.37. The zero-order valence-electron chi connectivity index (χ0n) is 33.7. The molecule has 7 rings (SSSR count). The van der Waals surface area contributed by atoms with Crippen LogP contribution >= 0.6 is 0 Å². The van der Waals surface area contributed by atoms with E-state index in [4.69, 9.17) is 14.2 Å². The van der Waals surface area contributed by atoms with Gasteiger partial charge in [-0.3, -0.25) is 14.4 Å². The summed E-state index contributed by atoms with van der Waals surface area (Å²) < 4.78 is 18.5. The maximum atomic E-state index is 15.3. The van der Waals surface area contributed by atoms with Crippen molar-refractivity contribution in [2.24, 2.45) is 5.92 Å². The first-order valence-corrected chi connectivity index (χ1v) is 22.8. The molecule has 5 aromatic carbocycles. The van der Waals surface area contributed by atoms with Crippen molar-refractivity contribution in [2.45, 2.75) is 56.8 Å². The number of rotatable bonds is 14. The third kappa shape index (κ3) is 7.77. The van der Waals surface area contributed by atoms with E-state index in [1.165, 1.54) is 0 Å². The second-order valence-electron chi connectivity index (χ2n) is 15.7. The Bertz CT molecular complexity index is 2240. The summed E-state index contributed by atoms with van der Waals surface area (Å²) in [7, 11) is 0.701. The summed E-state index contributed by atoms with van der Waals surface area (Å²) in [5.41, 5.74) is 2.89. The topological polar surface area (TPSA) is 118 Å². The molecule has 300 valence electrons. The van der Waals surface area contributed by atoms with E-state index in [0.29, 0.717) is 29.1 Å². The Labute approximate surface area is 341 Å². The van der Waals surface area contributed by atoms with Crippen LogP contribution in [0.5, 0.6) is 11.5 Å². The molecule has 11 heteroatoms. The summed E-state index contributed by atoms with van der Waals surface area (Å²) in [6.07, 6.45) is -0.572. The molecule has 1 fully saturated rings. The average Bonchev–Trinajstić information content (AvgIpc) is 3.67. The minimum atomic E-state index is -2.55. The molecular formula is C47H51N3O7Si. The number of ether oxygens (including phenoxy) is 3. The van der Waals surface area contributed by atoms with Gasteiger partial charge >= 0.3 is 0 Å². The molecule has 2 heterocycles. The van der Waals surface area contributed by atoms with Gasteiger partial charge in [-0.25, -0.2) is 0 Å². The van der Waals surface area contributed by atoms with Crippen molar-refractivity contribution < 1.29 is 33.7 Å². The number of hydrogen-bond acceptors (Lipinski definition) is 7. The van der Waals surface area contributed by atoms with Gasteiger partial charge in [0.15, 0.2) is 5.60 Å². The number of carbonyl (C=O) groups is 3. The standard InChI is InChI=1S/C47H51N3O7Si/c1-32-44(58(4,5)39-23-20-37(55-2)21-24-39)42(29-43(52)49(26-27-51)30-33-12-8-6-9-13-33)57-47(32)40-28-38(56-3)22-25-41(40)50(46(47)54)31-34-16-18-36(19-17-34)48-45(53)35-14-10-7-11-15-35/h6-25,28,32,42,44,51H,26-27,29-31H2,1-5H3,(H,48,53)/t32-,42+,44-,47+/m0/s1. The van der Waals surface area contributed by atoms with Gasteiger partial charge in [-0.05, 0) is 71.3 Å². The molecule has 10 nitrogen and oxygen atoms in total. The molecule has 5 aromatic rings. The third-order valence-electron chi connectivity index (χ3n) is 11.9. The summed E-state index contributed by atoms with van der Waals surface area (Å²) >= 11 is 0. The molecule has 0 radical (unpaired) electrons. The van der Waals surface area contributed by atoms with Gasteiger partial charge in [0, 0.05) is 35.8 Å². The Morgan fingerprint density at radius 3 is 2.12 bits per heavy atom. The highest BCUT2D eigenvalue weighted by Gasteiger charge is 2.66. The first kappa shape index (κ1) is 40.4. The SMILES string of the molecule is COc1ccc([Si](C)(C)[C@@H]2[C@@H](CC(=O)N(CCO)Cc3ccccc3)O[C@]3(C(=O)N(Cc4ccc(NC(=O)c5ccccc5)cc4)c4ccc(OC)cc43)[C@H]2C)cc1. The van der Waals surface area contributed by atoms with Gasteiger partial charge in [-0.15, -0.1) is 0 Å². The molecule has 58 heavy (non-hydrogen) atoms. The van der Waals surface area contributed by atoms with Crippen LogP contribution in [0.25, 0.3) is 0 Å². The first-order valence-electron chi connectivity index (χ1n) is 19.7. The zero-order chi connectivity index (χ0) is 41.0. The van der Waals surface area contributed by atoms with Gasteiger partial charge in [0.05, 0.1) is 53.7 Å². The number of carbonyl (C=O) groups excluding carboxylic acids is 3. The smallest absolute Gasteiger partial charge is 0.264 e. The van der Waals surface area contributed by atoms with Gasteiger partial charge in [0.1, 0.15) is 11.5 Å². The van der Waals surface area contributed by atoms with Crippen LogP contribution in [-0.2, 0) is 33.0 Å². The van der Waals surface area contributed by atoms with E-state index in [0.717, 1.165) is 27.8 Å². The molecule has 0 aliphatic carbocycles. The molecule has 0 bridgehead atoms. The summed E-state index contributed by atoms with van der Waals surface area (Å²) in [5.74, 6) is 0.464. The highest BCUT2D eigenvalue weighted by Crippen LogP contribution is 2.60. The maximum absolute atomic E-state index is 15.3. The number of hydrogen-bond donors (Lipinski definition) is 2. The molecule has 2 aliphatic heterocycles. The van der Waals surface area contributed by atoms with E-state index in [2.05, 4.69) is 37.5 Å². The fraction of sp³-hybridized carbons (Fsp3) is 0.298. The predicted molar refractivity (Wildman–Crippen MR) is 228 cm³/mol. The fourth-order valence-corrected chi connectivity index (χ4v) is 13.0. The van der Waals surface area contributed by atoms with E-state index in [-0.39, 0.29) is 55.3 Å². The van der Waals surface area contributed by atoms with Crippen molar-refractivity contribution in [1.29, 1.82) is 0 Å². The summed E-state index contributed by atoms with van der Waals surface area (Å²) in [6.45, 7) is 7.27. The van der Waals surface area contributed by atoms with E-state index < -0.39 is 19.8 Å². The molecule has 3 amide bonds. The number of amides is 3. The molecule has 1 saturated heterocycles. The fourth-order valence-electron chi connectivity index (χ4n) is 8.96. The van der Waals surface area contributed by atoms with Crippen molar-refractivity contribution in [1.82, 2.24) is 4.90 Å². The second kappa shape index (κ2) is 17.0. The van der Waals surface area contributed by atoms with Gasteiger partial charge in [-0.2, -0.15) is 0 Å². The normalized spacial score (nSPS) is 19.9. The van der Waals surface area contributed by atoms with E-state index in [1.807, 2.05) is 103 Å². The highest BCUT2D eigenvalue weighted by atomic mass is 28.3. The highest BCUT2D eigenvalue weighted by molar-refractivity contribution is 6.91. The quantitative estimate of drug-likeness (QED) is 0.115. The van der Waals surface area contributed by atoms with Gasteiger partial charge in [-0.1, -0.05) is 98.0 Å². The number of anilines is 2. The van der Waals surface area contributed by atoms with E-state index in [9.17, 15) is 14.7 Å². The molecular weight excluding hydrogens is 747 g/mol. The number of aliphatic hydroxyl groups excluding tert-OH is 1. The van der Waals surface area contributed by atoms with Crippen molar-refractivity contribution in [2.75, 3.05) is 37.6 Å². The number of aliphatic hydroxyl groups is 1. The van der Waals surface area contributed by atoms with Crippen molar-refractivity contribution in [3.8, 4) is 11.5 Å². The van der Waals surface area contributed by atoms with Crippen LogP contribution in [0.1, 0.15) is 40.4 Å². The Kier molecular flexibility index (Phi) is 11.9. The Balaban J connectivity index is 1.24. The molecule has 0 unspecified atom stereocenters. The van der Waals surface area contributed by atoms with E-state index >= 15 is 4.79 Å². The van der Waals surface area contributed by atoms with Crippen molar-refractivity contribution >= 4 is 42.4 Å². The minimum Gasteiger partial charge on any atom is -0.497 e. The van der Waals surface area contributed by atoms with Crippen LogP contribution in [0.4, 0.5) is 11.4 Å².